The summed E-state index contributed by atoms with van der Waals surface area (Å²) in [6, 6.07) is 9.75. The van der Waals surface area contributed by atoms with Gasteiger partial charge in [0.15, 0.2) is 5.96 Å². The summed E-state index contributed by atoms with van der Waals surface area (Å²) in [6.07, 6.45) is 7.32. The lowest BCUT2D eigenvalue weighted by Crippen LogP contribution is -2.60. The number of nitrogens with zero attached hydrogens (tertiary/aromatic N) is 1. The molecule has 0 radical (unpaired) electrons. The maximum absolute atomic E-state index is 14.5. The van der Waals surface area contributed by atoms with E-state index in [-0.39, 0.29) is 50.7 Å². The number of nitrogens with one attached hydrogen (secondary N) is 8. The minimum Gasteiger partial charge on any atom is -0.370 e. The molecule has 346 valence electrons. The van der Waals surface area contributed by atoms with Gasteiger partial charge in [-0.2, -0.15) is 0 Å². The lowest BCUT2D eigenvalue weighted by Gasteiger charge is -2.31. The highest BCUT2D eigenvalue weighted by Gasteiger charge is 2.36. The molecule has 3 aromatic rings. The molecule has 6 atom stereocenters. The second-order valence-electron chi connectivity index (χ2n) is 17.2. The number of hydrogen-bond donors (Lipinski definition) is 10. The van der Waals surface area contributed by atoms with E-state index in [0.717, 1.165) is 54.1 Å². The molecule has 0 spiro atoms. The minimum atomic E-state index is -1.29. The number of aromatic amines is 1. The van der Waals surface area contributed by atoms with E-state index >= 15 is 0 Å². The maximum Gasteiger partial charge on any atom is 0.243 e. The Balaban J connectivity index is 1.50. The zero-order valence-corrected chi connectivity index (χ0v) is 37.0. The van der Waals surface area contributed by atoms with E-state index in [9.17, 15) is 33.6 Å². The van der Waals surface area contributed by atoms with Gasteiger partial charge in [0.1, 0.15) is 36.3 Å². The summed E-state index contributed by atoms with van der Waals surface area (Å²) in [5.74, 6) is -4.71. The van der Waals surface area contributed by atoms with Gasteiger partial charge in [0.05, 0.1) is 0 Å². The molecule has 2 aromatic carbocycles. The zero-order chi connectivity index (χ0) is 46.2. The van der Waals surface area contributed by atoms with Gasteiger partial charge in [-0.1, -0.05) is 94.5 Å². The Morgan fingerprint density at radius 2 is 1.45 bits per heavy atom. The summed E-state index contributed by atoms with van der Waals surface area (Å²) in [5.41, 5.74) is 13.4. The van der Waals surface area contributed by atoms with Gasteiger partial charge >= 0.3 is 0 Å². The molecule has 0 bridgehead atoms. The molecule has 1 aromatic heterocycles. The second kappa shape index (κ2) is 23.8. The van der Waals surface area contributed by atoms with Gasteiger partial charge in [-0.05, 0) is 54.7 Å². The lowest BCUT2D eigenvalue weighted by molar-refractivity contribution is -0.136. The first-order valence-corrected chi connectivity index (χ1v) is 22.4. The fraction of sp³-hybridized carbons (Fsp3) is 0.522. The number of rotatable bonds is 14. The van der Waals surface area contributed by atoms with Crippen LogP contribution in [0.3, 0.4) is 0 Å². The van der Waals surface area contributed by atoms with Crippen LogP contribution < -0.4 is 48.7 Å². The Labute approximate surface area is 374 Å². The molecule has 3 unspecified atom stereocenters. The van der Waals surface area contributed by atoms with Crippen molar-refractivity contribution in [1.29, 1.82) is 0 Å². The third-order valence-corrected chi connectivity index (χ3v) is 11.8. The van der Waals surface area contributed by atoms with Crippen molar-refractivity contribution in [2.75, 3.05) is 13.1 Å². The first-order chi connectivity index (χ1) is 30.7. The number of nitrogens with two attached hydrogens (primary N) is 2. The Morgan fingerprint density at radius 1 is 0.781 bits per heavy atom. The van der Waals surface area contributed by atoms with Crippen LogP contribution in [0.25, 0.3) is 10.9 Å². The van der Waals surface area contributed by atoms with E-state index < -0.39 is 83.5 Å². The molecule has 1 aliphatic heterocycles. The van der Waals surface area contributed by atoms with Gasteiger partial charge in [0, 0.05) is 50.0 Å². The van der Waals surface area contributed by atoms with Crippen LogP contribution in [-0.2, 0) is 46.4 Å². The van der Waals surface area contributed by atoms with Gasteiger partial charge in [-0.3, -0.25) is 38.6 Å². The molecule has 1 aliphatic carbocycles. The molecule has 1 saturated heterocycles. The van der Waals surface area contributed by atoms with E-state index in [4.69, 9.17) is 11.5 Å². The molecule has 2 heterocycles. The molecule has 7 amide bonds. The summed E-state index contributed by atoms with van der Waals surface area (Å²) >= 11 is 0. The molecule has 2 fully saturated rings. The van der Waals surface area contributed by atoms with Gasteiger partial charge in [0.25, 0.3) is 0 Å². The second-order valence-corrected chi connectivity index (χ2v) is 17.2. The predicted molar refractivity (Wildman–Crippen MR) is 243 cm³/mol. The Hall–Kier alpha value is -6.46. The fourth-order valence-electron chi connectivity index (χ4n) is 8.39. The number of aliphatic imine (C=N–C) groups is 1. The average Bonchev–Trinajstić information content (AvgIpc) is 3.67. The summed E-state index contributed by atoms with van der Waals surface area (Å²) in [7, 11) is 0. The third kappa shape index (κ3) is 14.6. The molecule has 18 heteroatoms. The molecular weight excluding hydrogens is 819 g/mol. The number of carbonyl (C=O) groups excluding carboxylic acids is 7. The maximum atomic E-state index is 14.5. The van der Waals surface area contributed by atoms with Crippen molar-refractivity contribution in [2.45, 2.75) is 128 Å². The number of H-pyrrole nitrogens is 1. The lowest BCUT2D eigenvalue weighted by atomic mass is 9.84. The van der Waals surface area contributed by atoms with E-state index in [0.29, 0.717) is 12.8 Å². The number of amides is 7. The van der Waals surface area contributed by atoms with Crippen LogP contribution in [0.2, 0.25) is 0 Å². The van der Waals surface area contributed by atoms with E-state index in [1.807, 2.05) is 42.5 Å². The van der Waals surface area contributed by atoms with Gasteiger partial charge in [0.2, 0.25) is 41.4 Å². The number of aromatic nitrogens is 1. The molecular formula is C46H65N11O7. The first-order valence-electron chi connectivity index (χ1n) is 22.4. The Morgan fingerprint density at radius 3 is 2.16 bits per heavy atom. The van der Waals surface area contributed by atoms with Crippen LogP contribution in [-0.4, -0.2) is 102 Å². The number of hydrogen-bond acceptors (Lipinski definition) is 8. The van der Waals surface area contributed by atoms with Crippen molar-refractivity contribution in [1.82, 2.24) is 42.2 Å². The van der Waals surface area contributed by atoms with Gasteiger partial charge in [-0.25, -0.2) is 0 Å². The standard InChI is InChI=1S/C46H65N11O7/c1-27(2)39-45(64)56-37(24-30-15-8-5-9-16-30)43(62)55-38(25-31-26-51-33-18-11-10-17-32(31)33)44(63)53-34(19-12-21-50-46(47)48)40(59)49-22-20-35(41(60)57-39)54-42(61)36(52-28(3)58)23-29-13-6-4-7-14-29/h4,6-7,10-11,13-14,17-18,26-27,30,34-39,51H,5,8-9,12,15-16,19-25H2,1-3H3,(H,49,59)(H,52,58)(H,53,63)(H,54,61)(H,55,62)(H,56,64)(H,57,60)(H4,47,48,50)/t34?,35-,36-,37+,38?,39?/m0/s1. The van der Waals surface area contributed by atoms with Crippen molar-refractivity contribution in [2.24, 2.45) is 28.3 Å². The highest BCUT2D eigenvalue weighted by Crippen LogP contribution is 2.28. The smallest absolute Gasteiger partial charge is 0.243 e. The Bertz CT molecular complexity index is 2110. The average molecular weight is 884 g/mol. The largest absolute Gasteiger partial charge is 0.370 e. The van der Waals surface area contributed by atoms with Crippen LogP contribution in [0.1, 0.15) is 89.7 Å². The molecule has 1 saturated carbocycles. The number of fused-ring (bicyclic) bond motifs is 1. The van der Waals surface area contributed by atoms with Crippen molar-refractivity contribution in [3.8, 4) is 0 Å². The van der Waals surface area contributed by atoms with Crippen molar-refractivity contribution < 1.29 is 33.6 Å². The number of benzene rings is 2. The van der Waals surface area contributed by atoms with Crippen LogP contribution in [0.15, 0.2) is 65.8 Å². The highest BCUT2D eigenvalue weighted by atomic mass is 16.2. The van der Waals surface area contributed by atoms with E-state index in [1.165, 1.54) is 6.92 Å². The van der Waals surface area contributed by atoms with Crippen molar-refractivity contribution in [3.05, 3.63) is 71.9 Å². The normalized spacial score (nSPS) is 22.5. The molecule has 64 heavy (non-hydrogen) atoms. The molecule has 5 rings (SSSR count). The molecule has 18 nitrogen and oxygen atoms in total. The van der Waals surface area contributed by atoms with E-state index in [2.05, 4.69) is 47.2 Å². The quantitative estimate of drug-likeness (QED) is 0.0629. The summed E-state index contributed by atoms with van der Waals surface area (Å²) in [5, 5.41) is 20.6. The number of carbonyl (C=O) groups is 7. The van der Waals surface area contributed by atoms with Crippen LogP contribution >= 0.6 is 0 Å². The topological polar surface area (TPSA) is 284 Å². The van der Waals surface area contributed by atoms with Crippen molar-refractivity contribution in [3.63, 3.8) is 0 Å². The fourth-order valence-corrected chi connectivity index (χ4v) is 8.39. The molecule has 2 aliphatic rings. The molecule has 12 N–H and O–H groups in total. The summed E-state index contributed by atoms with van der Waals surface area (Å²) in [6.45, 7) is 4.81. The van der Waals surface area contributed by atoms with Crippen LogP contribution in [0.4, 0.5) is 0 Å². The first kappa shape index (κ1) is 48.6. The Kier molecular flexibility index (Phi) is 18.1. The van der Waals surface area contributed by atoms with Crippen molar-refractivity contribution >= 4 is 58.2 Å². The summed E-state index contributed by atoms with van der Waals surface area (Å²) < 4.78 is 0. The zero-order valence-electron chi connectivity index (χ0n) is 37.0. The third-order valence-electron chi connectivity index (χ3n) is 11.8. The van der Waals surface area contributed by atoms with Crippen LogP contribution in [0, 0.1) is 11.8 Å². The van der Waals surface area contributed by atoms with Gasteiger partial charge in [-0.15, -0.1) is 0 Å². The van der Waals surface area contributed by atoms with E-state index in [1.54, 1.807) is 32.2 Å². The predicted octanol–water partition coefficient (Wildman–Crippen LogP) is 1.08. The van der Waals surface area contributed by atoms with Gasteiger partial charge < -0.3 is 53.7 Å². The minimum absolute atomic E-state index is 0.0594. The highest BCUT2D eigenvalue weighted by molar-refractivity contribution is 5.98. The SMILES string of the molecule is CC(=O)N[C@@H](Cc1ccccc1)C(=O)N[C@H]1CCNC(=O)C(CCCN=C(N)N)NC(=O)C(Cc2c[nH]c3ccccc23)NC(=O)[C@@H](CC2CCCCC2)NC(=O)C(C(C)C)NC1=O. The monoisotopic (exact) mass is 884 g/mol. The van der Waals surface area contributed by atoms with Crippen LogP contribution in [0.5, 0.6) is 0 Å². The summed E-state index contributed by atoms with van der Waals surface area (Å²) in [4.78, 5) is 105. The number of guanidine groups is 1. The number of para-hydroxylation sites is 1.